The quantitative estimate of drug-likeness (QED) is 0.525. The van der Waals surface area contributed by atoms with E-state index in [9.17, 15) is 4.79 Å². The highest BCUT2D eigenvalue weighted by Gasteiger charge is 2.09. The molecule has 4 heteroatoms. The molecule has 0 N–H and O–H groups in total. The maximum atomic E-state index is 10.1. The number of carbonyl (C=O) groups excluding carboxylic acids is 1. The summed E-state index contributed by atoms with van der Waals surface area (Å²) in [6.07, 6.45) is 1.83. The number of ether oxygens (including phenoxy) is 1. The average molecular weight is 171 g/mol. The van der Waals surface area contributed by atoms with Crippen molar-refractivity contribution in [1.29, 1.82) is 0 Å². The Hall–Kier alpha value is -0.610. The second-order valence-corrected chi connectivity index (χ2v) is 2.97. The predicted molar refractivity (Wildman–Crippen MR) is 45.6 cm³/mol. The Balaban J connectivity index is 2.08. The van der Waals surface area contributed by atoms with E-state index in [4.69, 9.17) is 4.74 Å². The van der Waals surface area contributed by atoms with Crippen molar-refractivity contribution in [3.05, 3.63) is 0 Å². The van der Waals surface area contributed by atoms with E-state index >= 15 is 0 Å². The van der Waals surface area contributed by atoms with Gasteiger partial charge in [-0.25, -0.2) is 0 Å². The Morgan fingerprint density at radius 1 is 1.50 bits per heavy atom. The molecule has 1 rings (SSSR count). The Kier molecular flexibility index (Phi) is 4.04. The average Bonchev–Trinajstić information content (AvgIpc) is 2.16. The van der Waals surface area contributed by atoms with Gasteiger partial charge in [-0.2, -0.15) is 0 Å². The molecule has 0 aliphatic carbocycles. The smallest absolute Gasteiger partial charge is 0.311 e. The van der Waals surface area contributed by atoms with Crippen LogP contribution in [0.15, 0.2) is 0 Å². The van der Waals surface area contributed by atoms with Gasteiger partial charge in [0.05, 0.1) is 13.2 Å². The van der Waals surface area contributed by atoms with Crippen molar-refractivity contribution < 1.29 is 9.53 Å². The maximum Gasteiger partial charge on any atom is 0.311 e. The lowest BCUT2D eigenvalue weighted by atomic mass is 10.4. The molecule has 0 unspecified atom stereocenters. The molecule has 12 heavy (non-hydrogen) atoms. The largest absolute Gasteiger partial charge is 0.379 e. The molecule has 1 heterocycles. The van der Waals surface area contributed by atoms with Gasteiger partial charge in [-0.05, 0) is 0 Å². The number of rotatable bonds is 4. The van der Waals surface area contributed by atoms with Gasteiger partial charge in [0, 0.05) is 33.2 Å². The van der Waals surface area contributed by atoms with Gasteiger partial charge in [0.2, 0.25) is 0 Å². The minimum Gasteiger partial charge on any atom is -0.379 e. The molecule has 4 nitrogen and oxygen atoms in total. The molecule has 0 spiro atoms. The first-order valence-corrected chi connectivity index (χ1v) is 4.22. The fourth-order valence-corrected chi connectivity index (χ4v) is 1.16. The zero-order valence-electron chi connectivity index (χ0n) is 7.45. The first-order valence-electron chi connectivity index (χ1n) is 4.22. The van der Waals surface area contributed by atoms with Crippen LogP contribution in [0.4, 0.5) is 0 Å². The van der Waals surface area contributed by atoms with Gasteiger partial charge in [0.15, 0.2) is 0 Å². The van der Waals surface area contributed by atoms with Crippen LogP contribution in [-0.4, -0.2) is 62.7 Å². The normalized spacial score (nSPS) is 19.1. The zero-order valence-corrected chi connectivity index (χ0v) is 7.45. The molecule has 1 saturated heterocycles. The lowest BCUT2D eigenvalue weighted by Gasteiger charge is -2.27. The predicted octanol–water partition coefficient (Wildman–Crippen LogP) is -0.682. The molecule has 1 radical (unpaired) electrons. The second kappa shape index (κ2) is 5.11. The minimum absolute atomic E-state index is 0.753. The van der Waals surface area contributed by atoms with Gasteiger partial charge in [0.25, 0.3) is 0 Å². The van der Waals surface area contributed by atoms with Crippen molar-refractivity contribution in [1.82, 2.24) is 9.80 Å². The van der Waals surface area contributed by atoms with Crippen molar-refractivity contribution >= 4 is 6.41 Å². The van der Waals surface area contributed by atoms with Gasteiger partial charge in [-0.15, -0.1) is 0 Å². The third kappa shape index (κ3) is 3.19. The molecule has 0 saturated carbocycles. The van der Waals surface area contributed by atoms with E-state index in [2.05, 4.69) is 4.90 Å². The van der Waals surface area contributed by atoms with Crippen molar-refractivity contribution in [3.63, 3.8) is 0 Å². The van der Waals surface area contributed by atoms with E-state index in [0.29, 0.717) is 0 Å². The Morgan fingerprint density at radius 2 is 2.17 bits per heavy atom. The van der Waals surface area contributed by atoms with E-state index in [-0.39, 0.29) is 0 Å². The SMILES string of the molecule is CN([C]=O)CCN1CCOCC1. The Labute approximate surface area is 73.1 Å². The van der Waals surface area contributed by atoms with Crippen LogP contribution in [0.2, 0.25) is 0 Å². The first kappa shape index (κ1) is 9.48. The fourth-order valence-electron chi connectivity index (χ4n) is 1.16. The zero-order chi connectivity index (χ0) is 8.81. The summed E-state index contributed by atoms with van der Waals surface area (Å²) in [5.41, 5.74) is 0. The van der Waals surface area contributed by atoms with Gasteiger partial charge >= 0.3 is 6.41 Å². The highest BCUT2D eigenvalue weighted by molar-refractivity contribution is 5.47. The molecule has 0 aromatic heterocycles. The van der Waals surface area contributed by atoms with Gasteiger partial charge in [0.1, 0.15) is 0 Å². The van der Waals surface area contributed by atoms with E-state index in [1.165, 1.54) is 4.90 Å². The third-order valence-electron chi connectivity index (χ3n) is 2.01. The summed E-state index contributed by atoms with van der Waals surface area (Å²) in [6, 6.07) is 0. The lowest BCUT2D eigenvalue weighted by Crippen LogP contribution is -2.40. The van der Waals surface area contributed by atoms with Crippen molar-refractivity contribution in [2.24, 2.45) is 0 Å². The van der Waals surface area contributed by atoms with Crippen LogP contribution in [0.3, 0.4) is 0 Å². The van der Waals surface area contributed by atoms with E-state index in [0.717, 1.165) is 39.4 Å². The van der Waals surface area contributed by atoms with E-state index in [1.807, 2.05) is 6.41 Å². The molecule has 1 aliphatic heterocycles. The van der Waals surface area contributed by atoms with Crippen LogP contribution in [0.5, 0.6) is 0 Å². The molecule has 1 fully saturated rings. The molecular formula is C8H15N2O2. The summed E-state index contributed by atoms with van der Waals surface area (Å²) < 4.78 is 5.20. The number of amides is 1. The highest BCUT2D eigenvalue weighted by atomic mass is 16.5. The molecule has 0 bridgehead atoms. The van der Waals surface area contributed by atoms with Crippen LogP contribution in [0.25, 0.3) is 0 Å². The van der Waals surface area contributed by atoms with E-state index < -0.39 is 0 Å². The Morgan fingerprint density at radius 3 is 2.75 bits per heavy atom. The van der Waals surface area contributed by atoms with E-state index in [1.54, 1.807) is 7.05 Å². The Bertz CT molecular complexity index is 135. The maximum absolute atomic E-state index is 10.1. The van der Waals surface area contributed by atoms with Crippen LogP contribution < -0.4 is 0 Å². The van der Waals surface area contributed by atoms with Crippen molar-refractivity contribution in [3.8, 4) is 0 Å². The number of morpholine rings is 1. The molecular weight excluding hydrogens is 156 g/mol. The topological polar surface area (TPSA) is 32.8 Å². The molecule has 0 aromatic carbocycles. The number of hydrogen-bond acceptors (Lipinski definition) is 3. The number of nitrogens with zero attached hydrogens (tertiary/aromatic N) is 2. The first-order chi connectivity index (χ1) is 5.83. The molecule has 1 amide bonds. The van der Waals surface area contributed by atoms with Crippen molar-refractivity contribution in [2.45, 2.75) is 0 Å². The monoisotopic (exact) mass is 171 g/mol. The highest BCUT2D eigenvalue weighted by Crippen LogP contribution is 1.95. The summed E-state index contributed by atoms with van der Waals surface area (Å²) >= 11 is 0. The van der Waals surface area contributed by atoms with Crippen LogP contribution in [-0.2, 0) is 9.53 Å². The molecule has 1 aliphatic rings. The summed E-state index contributed by atoms with van der Waals surface area (Å²) in [7, 11) is 1.74. The lowest BCUT2D eigenvalue weighted by molar-refractivity contribution is 0.0364. The molecule has 0 aromatic rings. The summed E-state index contributed by atoms with van der Waals surface area (Å²) in [5.74, 6) is 0. The van der Waals surface area contributed by atoms with Gasteiger partial charge in [-0.3, -0.25) is 9.69 Å². The summed E-state index contributed by atoms with van der Waals surface area (Å²) in [4.78, 5) is 14.0. The van der Waals surface area contributed by atoms with Crippen LogP contribution in [0, 0.1) is 0 Å². The van der Waals surface area contributed by atoms with Crippen LogP contribution >= 0.6 is 0 Å². The second-order valence-electron chi connectivity index (χ2n) is 2.97. The molecule has 0 atom stereocenters. The number of hydrogen-bond donors (Lipinski definition) is 0. The summed E-state index contributed by atoms with van der Waals surface area (Å²) in [6.45, 7) is 5.26. The van der Waals surface area contributed by atoms with Gasteiger partial charge in [-0.1, -0.05) is 0 Å². The van der Waals surface area contributed by atoms with Crippen LogP contribution in [0.1, 0.15) is 0 Å². The summed E-state index contributed by atoms with van der Waals surface area (Å²) in [5, 5.41) is 0. The number of likely N-dealkylation sites (N-methyl/N-ethyl adjacent to an activating group) is 1. The van der Waals surface area contributed by atoms with Gasteiger partial charge < -0.3 is 9.64 Å². The third-order valence-corrected chi connectivity index (χ3v) is 2.01. The standard InChI is InChI=1S/C8H15N2O2/c1-9(8-11)2-3-10-4-6-12-7-5-10/h2-7H2,1H3. The fraction of sp³-hybridized carbons (Fsp3) is 0.875. The molecule has 69 valence electrons. The van der Waals surface area contributed by atoms with Crippen molar-refractivity contribution in [2.75, 3.05) is 46.4 Å². The minimum atomic E-state index is 0.753.